The van der Waals surface area contributed by atoms with Crippen molar-refractivity contribution in [2.75, 3.05) is 13.1 Å². The van der Waals surface area contributed by atoms with E-state index in [4.69, 9.17) is 4.74 Å². The molecular formula is C19H19N5O2. The van der Waals surface area contributed by atoms with Gasteiger partial charge in [0.1, 0.15) is 17.6 Å². The van der Waals surface area contributed by atoms with Gasteiger partial charge in [-0.15, -0.1) is 0 Å². The number of nitrogens with one attached hydrogen (secondary N) is 1. The van der Waals surface area contributed by atoms with Crippen molar-refractivity contribution in [2.45, 2.75) is 19.4 Å². The summed E-state index contributed by atoms with van der Waals surface area (Å²) in [5, 5.41) is 7.10. The van der Waals surface area contributed by atoms with Crippen LogP contribution >= 0.6 is 0 Å². The van der Waals surface area contributed by atoms with E-state index in [0.29, 0.717) is 30.5 Å². The Morgan fingerprint density at radius 1 is 1.27 bits per heavy atom. The van der Waals surface area contributed by atoms with Gasteiger partial charge in [-0.25, -0.2) is 4.98 Å². The van der Waals surface area contributed by atoms with E-state index in [0.717, 1.165) is 17.7 Å². The van der Waals surface area contributed by atoms with Crippen molar-refractivity contribution in [3.05, 3.63) is 60.2 Å². The molecule has 0 bridgehead atoms. The van der Waals surface area contributed by atoms with Crippen LogP contribution in [0.2, 0.25) is 0 Å². The second-order valence-electron chi connectivity index (χ2n) is 6.25. The first-order chi connectivity index (χ1) is 12.7. The van der Waals surface area contributed by atoms with Crippen molar-refractivity contribution in [1.82, 2.24) is 25.1 Å². The molecule has 3 aromatic rings. The van der Waals surface area contributed by atoms with E-state index >= 15 is 0 Å². The van der Waals surface area contributed by atoms with Gasteiger partial charge >= 0.3 is 0 Å². The molecule has 1 saturated heterocycles. The zero-order valence-electron chi connectivity index (χ0n) is 14.4. The molecule has 0 unspecified atom stereocenters. The zero-order valence-corrected chi connectivity index (χ0v) is 14.4. The third-order valence-electron chi connectivity index (χ3n) is 4.35. The van der Waals surface area contributed by atoms with Crippen LogP contribution in [0.15, 0.2) is 48.7 Å². The minimum Gasteiger partial charge on any atom is -0.472 e. The highest BCUT2D eigenvalue weighted by molar-refractivity contribution is 5.93. The molecule has 0 saturated carbocycles. The number of amides is 1. The maximum absolute atomic E-state index is 12.7. The van der Waals surface area contributed by atoms with Gasteiger partial charge in [0, 0.05) is 30.8 Å². The molecule has 1 N–H and O–H groups in total. The minimum absolute atomic E-state index is 0.0650. The molecule has 4 rings (SSSR count). The SMILES string of the molecule is Cc1nccc(O[C@@H]2CCN(C(=O)c3cc(-c4ccccc4)n[nH]3)C2)n1. The molecular weight excluding hydrogens is 330 g/mol. The van der Waals surface area contributed by atoms with Gasteiger partial charge in [-0.2, -0.15) is 10.1 Å². The summed E-state index contributed by atoms with van der Waals surface area (Å²) < 4.78 is 5.88. The number of hydrogen-bond donors (Lipinski definition) is 1. The van der Waals surface area contributed by atoms with Crippen LogP contribution in [0.4, 0.5) is 0 Å². The smallest absolute Gasteiger partial charge is 0.272 e. The van der Waals surface area contributed by atoms with Gasteiger partial charge in [-0.3, -0.25) is 9.89 Å². The van der Waals surface area contributed by atoms with Gasteiger partial charge in [0.25, 0.3) is 5.91 Å². The number of hydrogen-bond acceptors (Lipinski definition) is 5. The number of rotatable bonds is 4. The van der Waals surface area contributed by atoms with E-state index in [9.17, 15) is 4.79 Å². The fourth-order valence-electron chi connectivity index (χ4n) is 3.04. The largest absolute Gasteiger partial charge is 0.472 e. The highest BCUT2D eigenvalue weighted by Crippen LogP contribution is 2.21. The Morgan fingerprint density at radius 2 is 2.12 bits per heavy atom. The average molecular weight is 349 g/mol. The molecule has 1 fully saturated rings. The molecule has 0 radical (unpaired) electrons. The minimum atomic E-state index is -0.0651. The molecule has 1 aliphatic heterocycles. The van der Waals surface area contributed by atoms with E-state index in [1.165, 1.54) is 0 Å². The monoisotopic (exact) mass is 349 g/mol. The molecule has 26 heavy (non-hydrogen) atoms. The third-order valence-corrected chi connectivity index (χ3v) is 4.35. The molecule has 7 heteroatoms. The predicted molar refractivity (Wildman–Crippen MR) is 95.7 cm³/mol. The second-order valence-corrected chi connectivity index (χ2v) is 6.25. The summed E-state index contributed by atoms with van der Waals surface area (Å²) in [5.74, 6) is 1.15. The lowest BCUT2D eigenvalue weighted by Crippen LogP contribution is -2.31. The normalized spacial score (nSPS) is 16.7. The van der Waals surface area contributed by atoms with Crippen LogP contribution in [-0.4, -0.2) is 50.2 Å². The lowest BCUT2D eigenvalue weighted by atomic mass is 10.1. The first-order valence-electron chi connectivity index (χ1n) is 8.55. The van der Waals surface area contributed by atoms with E-state index in [2.05, 4.69) is 20.2 Å². The molecule has 2 aromatic heterocycles. The average Bonchev–Trinajstić information content (AvgIpc) is 3.32. The first-order valence-corrected chi connectivity index (χ1v) is 8.55. The molecule has 132 valence electrons. The van der Waals surface area contributed by atoms with Crippen molar-refractivity contribution < 1.29 is 9.53 Å². The fourth-order valence-corrected chi connectivity index (χ4v) is 3.04. The van der Waals surface area contributed by atoms with Crippen molar-refractivity contribution in [2.24, 2.45) is 0 Å². The molecule has 3 heterocycles. The Balaban J connectivity index is 1.41. The molecule has 1 atom stereocenters. The lowest BCUT2D eigenvalue weighted by Gasteiger charge is -2.16. The van der Waals surface area contributed by atoms with E-state index in [-0.39, 0.29) is 12.0 Å². The number of likely N-dealkylation sites (tertiary alicyclic amines) is 1. The molecule has 1 aliphatic rings. The molecule has 0 spiro atoms. The van der Waals surface area contributed by atoms with Crippen molar-refractivity contribution in [1.29, 1.82) is 0 Å². The van der Waals surface area contributed by atoms with Crippen molar-refractivity contribution in [3.63, 3.8) is 0 Å². The molecule has 0 aliphatic carbocycles. The Hall–Kier alpha value is -3.22. The van der Waals surface area contributed by atoms with Crippen LogP contribution < -0.4 is 4.74 Å². The summed E-state index contributed by atoms with van der Waals surface area (Å²) >= 11 is 0. The molecule has 1 amide bonds. The number of aryl methyl sites for hydroxylation is 1. The highest BCUT2D eigenvalue weighted by Gasteiger charge is 2.29. The second kappa shape index (κ2) is 6.95. The third kappa shape index (κ3) is 3.42. The Labute approximate surface area is 151 Å². The van der Waals surface area contributed by atoms with Crippen LogP contribution in [0.1, 0.15) is 22.7 Å². The topological polar surface area (TPSA) is 84.0 Å². The summed E-state index contributed by atoms with van der Waals surface area (Å²) in [7, 11) is 0. The van der Waals surface area contributed by atoms with Crippen LogP contribution in [0.3, 0.4) is 0 Å². The van der Waals surface area contributed by atoms with Crippen LogP contribution in [0, 0.1) is 6.92 Å². The predicted octanol–water partition coefficient (Wildman–Crippen LogP) is 2.47. The van der Waals surface area contributed by atoms with E-state index < -0.39 is 0 Å². The molecule has 7 nitrogen and oxygen atoms in total. The zero-order chi connectivity index (χ0) is 17.9. The van der Waals surface area contributed by atoms with Gasteiger partial charge < -0.3 is 9.64 Å². The standard InChI is InChI=1S/C19H19N5O2/c1-13-20-9-7-18(21-13)26-15-8-10-24(12-15)19(25)17-11-16(22-23-17)14-5-3-2-4-6-14/h2-7,9,11,15H,8,10,12H2,1H3,(H,22,23)/t15-/m1/s1. The fraction of sp³-hybridized carbons (Fsp3) is 0.263. The number of nitrogens with zero attached hydrogens (tertiary/aromatic N) is 4. The summed E-state index contributed by atoms with van der Waals surface area (Å²) in [4.78, 5) is 22.8. The molecule has 1 aromatic carbocycles. The maximum atomic E-state index is 12.7. The van der Waals surface area contributed by atoms with Crippen LogP contribution in [0.5, 0.6) is 5.88 Å². The summed E-state index contributed by atoms with van der Waals surface area (Å²) in [5.41, 5.74) is 2.23. The number of benzene rings is 1. The number of carbonyl (C=O) groups excluding carboxylic acids is 1. The van der Waals surface area contributed by atoms with E-state index in [1.807, 2.05) is 37.3 Å². The van der Waals surface area contributed by atoms with Gasteiger partial charge in [-0.05, 0) is 13.0 Å². The number of aromatic nitrogens is 4. The quantitative estimate of drug-likeness (QED) is 0.782. The van der Waals surface area contributed by atoms with Crippen LogP contribution in [0.25, 0.3) is 11.3 Å². The maximum Gasteiger partial charge on any atom is 0.272 e. The lowest BCUT2D eigenvalue weighted by molar-refractivity contribution is 0.0765. The Morgan fingerprint density at radius 3 is 2.92 bits per heavy atom. The van der Waals surface area contributed by atoms with Gasteiger partial charge in [0.2, 0.25) is 5.88 Å². The van der Waals surface area contributed by atoms with Gasteiger partial charge in [0.15, 0.2) is 0 Å². The van der Waals surface area contributed by atoms with Gasteiger partial charge in [-0.1, -0.05) is 30.3 Å². The summed E-state index contributed by atoms with van der Waals surface area (Å²) in [6.45, 7) is 2.99. The number of H-pyrrole nitrogens is 1. The number of ether oxygens (including phenoxy) is 1. The number of aromatic amines is 1. The Kier molecular flexibility index (Phi) is 4.35. The van der Waals surface area contributed by atoms with Crippen molar-refractivity contribution in [3.8, 4) is 17.1 Å². The first kappa shape index (κ1) is 16.3. The summed E-state index contributed by atoms with van der Waals surface area (Å²) in [6.07, 6.45) is 2.38. The Bertz CT molecular complexity index is 909. The van der Waals surface area contributed by atoms with Crippen LogP contribution in [-0.2, 0) is 0 Å². The van der Waals surface area contributed by atoms with E-state index in [1.54, 1.807) is 23.2 Å². The number of carbonyl (C=O) groups is 1. The van der Waals surface area contributed by atoms with Gasteiger partial charge in [0.05, 0.1) is 12.2 Å². The van der Waals surface area contributed by atoms with Crippen molar-refractivity contribution >= 4 is 5.91 Å². The summed E-state index contributed by atoms with van der Waals surface area (Å²) in [6, 6.07) is 13.3. The highest BCUT2D eigenvalue weighted by atomic mass is 16.5.